The van der Waals surface area contributed by atoms with Gasteiger partial charge in [-0.2, -0.15) is 0 Å². The van der Waals surface area contributed by atoms with E-state index in [-0.39, 0.29) is 30.4 Å². The van der Waals surface area contributed by atoms with Crippen LogP contribution in [0.15, 0.2) is 40.8 Å². The summed E-state index contributed by atoms with van der Waals surface area (Å²) in [5.41, 5.74) is 2.84. The van der Waals surface area contributed by atoms with Crippen molar-refractivity contribution in [3.05, 3.63) is 51.5 Å². The van der Waals surface area contributed by atoms with Crippen molar-refractivity contribution in [2.45, 2.75) is 19.3 Å². The highest BCUT2D eigenvalue weighted by atomic mass is 35.5. The maximum absolute atomic E-state index is 11.4. The minimum absolute atomic E-state index is 0.111. The molecule has 146 valence electrons. The highest BCUT2D eigenvalue weighted by Crippen LogP contribution is 2.33. The Labute approximate surface area is 164 Å². The van der Waals surface area contributed by atoms with E-state index in [4.69, 9.17) is 26.0 Å². The zero-order valence-electron chi connectivity index (χ0n) is 14.6. The van der Waals surface area contributed by atoms with Gasteiger partial charge in [0.2, 0.25) is 11.8 Å². The number of halogens is 1. The Kier molecular flexibility index (Phi) is 6.07. The molecule has 3 aromatic rings. The number of aromatic nitrogens is 1. The molecule has 0 saturated carbocycles. The molecule has 0 atom stereocenters. The van der Waals surface area contributed by atoms with Crippen LogP contribution in [0.4, 0.5) is 5.69 Å². The molecule has 0 unspecified atom stereocenters. The van der Waals surface area contributed by atoms with Crippen molar-refractivity contribution in [1.82, 2.24) is 10.5 Å². The Morgan fingerprint density at radius 3 is 2.86 bits per heavy atom. The van der Waals surface area contributed by atoms with Gasteiger partial charge in [0.05, 0.1) is 11.5 Å². The van der Waals surface area contributed by atoms with Crippen LogP contribution in [-0.4, -0.2) is 27.6 Å². The second-order valence-electron chi connectivity index (χ2n) is 5.91. The van der Waals surface area contributed by atoms with Crippen molar-refractivity contribution in [2.24, 2.45) is 0 Å². The van der Waals surface area contributed by atoms with E-state index in [1.165, 1.54) is 12.1 Å². The molecular weight excluding hydrogens is 390 g/mol. The third-order valence-electron chi connectivity index (χ3n) is 3.93. The van der Waals surface area contributed by atoms with Gasteiger partial charge in [0.1, 0.15) is 5.52 Å². The van der Waals surface area contributed by atoms with Gasteiger partial charge in [-0.05, 0) is 43.2 Å². The molecular formula is C18H16ClN3O6. The first-order valence-corrected chi connectivity index (χ1v) is 8.76. The van der Waals surface area contributed by atoms with Gasteiger partial charge in [-0.25, -0.2) is 10.5 Å². The van der Waals surface area contributed by atoms with E-state index in [1.54, 1.807) is 29.7 Å². The highest BCUT2D eigenvalue weighted by Gasteiger charge is 2.19. The first-order valence-electron chi connectivity index (χ1n) is 8.38. The Bertz CT molecular complexity index is 1020. The molecule has 0 aliphatic rings. The summed E-state index contributed by atoms with van der Waals surface area (Å²) in [6, 6.07) is 9.43. The van der Waals surface area contributed by atoms with Gasteiger partial charge in [-0.1, -0.05) is 11.6 Å². The van der Waals surface area contributed by atoms with Crippen molar-refractivity contribution in [2.75, 3.05) is 6.61 Å². The predicted octanol–water partition coefficient (Wildman–Crippen LogP) is 4.11. The number of fused-ring (bicyclic) bond motifs is 1. The van der Waals surface area contributed by atoms with E-state index in [1.807, 2.05) is 0 Å². The van der Waals surface area contributed by atoms with Crippen LogP contribution < -0.4 is 10.2 Å². The number of hydroxylamine groups is 1. The summed E-state index contributed by atoms with van der Waals surface area (Å²) in [5.74, 6) is -0.142. The Morgan fingerprint density at radius 1 is 1.29 bits per heavy atom. The monoisotopic (exact) mass is 405 g/mol. The van der Waals surface area contributed by atoms with E-state index in [2.05, 4.69) is 4.98 Å². The van der Waals surface area contributed by atoms with Crippen LogP contribution in [-0.2, 0) is 4.79 Å². The third-order valence-corrected chi connectivity index (χ3v) is 4.17. The number of hydrogen-bond acceptors (Lipinski definition) is 7. The van der Waals surface area contributed by atoms with Crippen molar-refractivity contribution in [3.8, 4) is 17.2 Å². The summed E-state index contributed by atoms with van der Waals surface area (Å²) in [6.45, 7) is 0.195. The number of nitro benzene ring substituents is 1. The maximum atomic E-state index is 11.4. The van der Waals surface area contributed by atoms with Crippen LogP contribution in [0.25, 0.3) is 22.6 Å². The van der Waals surface area contributed by atoms with Gasteiger partial charge in [-0.3, -0.25) is 20.1 Å². The van der Waals surface area contributed by atoms with Gasteiger partial charge >= 0.3 is 5.69 Å². The molecule has 0 spiro atoms. The summed E-state index contributed by atoms with van der Waals surface area (Å²) < 4.78 is 11.1. The Balaban J connectivity index is 1.75. The van der Waals surface area contributed by atoms with Crippen LogP contribution in [0.3, 0.4) is 0 Å². The van der Waals surface area contributed by atoms with E-state index >= 15 is 0 Å². The Hall–Kier alpha value is -3.17. The molecule has 1 amide bonds. The molecule has 0 radical (unpaired) electrons. The van der Waals surface area contributed by atoms with Gasteiger partial charge in [-0.15, -0.1) is 0 Å². The number of carbonyl (C=O) groups excluding carboxylic acids is 1. The topological polar surface area (TPSA) is 128 Å². The number of carbonyl (C=O) groups is 1. The molecule has 3 rings (SSSR count). The minimum Gasteiger partial charge on any atom is -0.487 e. The molecule has 10 heteroatoms. The van der Waals surface area contributed by atoms with Crippen molar-refractivity contribution < 1.29 is 24.1 Å². The molecule has 0 aliphatic heterocycles. The number of nitrogens with one attached hydrogen (secondary N) is 1. The normalized spacial score (nSPS) is 10.8. The predicted molar refractivity (Wildman–Crippen MR) is 100 cm³/mol. The van der Waals surface area contributed by atoms with Crippen molar-refractivity contribution >= 4 is 34.3 Å². The van der Waals surface area contributed by atoms with Gasteiger partial charge in [0, 0.05) is 23.1 Å². The molecule has 0 bridgehead atoms. The standard InChI is InChI=1S/C18H16ClN3O6/c19-12-5-7-15-13(10-12)20-18(28-15)11-4-6-16(14(9-11)22(25)26)27-8-2-1-3-17(23)21-24/h4-7,9-10,24H,1-3,8H2,(H,21,23). The first-order chi connectivity index (χ1) is 13.5. The number of rotatable bonds is 8. The number of nitro groups is 1. The van der Waals surface area contributed by atoms with E-state index in [9.17, 15) is 14.9 Å². The number of hydrogen-bond donors (Lipinski definition) is 2. The smallest absolute Gasteiger partial charge is 0.311 e. The molecule has 9 nitrogen and oxygen atoms in total. The number of unbranched alkanes of at least 4 members (excludes halogenated alkanes) is 1. The second kappa shape index (κ2) is 8.68. The fraction of sp³-hybridized carbons (Fsp3) is 0.222. The minimum atomic E-state index is -0.544. The number of benzene rings is 2. The fourth-order valence-electron chi connectivity index (χ4n) is 2.56. The summed E-state index contributed by atoms with van der Waals surface area (Å²) >= 11 is 5.94. The van der Waals surface area contributed by atoms with Crippen LogP contribution in [0.1, 0.15) is 19.3 Å². The van der Waals surface area contributed by atoms with Gasteiger partial charge in [0.25, 0.3) is 0 Å². The summed E-state index contributed by atoms with van der Waals surface area (Å²) in [7, 11) is 0. The number of amides is 1. The zero-order chi connectivity index (χ0) is 20.1. The lowest BCUT2D eigenvalue weighted by Gasteiger charge is -2.07. The van der Waals surface area contributed by atoms with Gasteiger partial charge in [0.15, 0.2) is 11.3 Å². The lowest BCUT2D eigenvalue weighted by Crippen LogP contribution is -2.18. The second-order valence-corrected chi connectivity index (χ2v) is 6.35. The average molecular weight is 406 g/mol. The quantitative estimate of drug-likeness (QED) is 0.250. The molecule has 0 aliphatic carbocycles. The summed E-state index contributed by atoms with van der Waals surface area (Å²) in [4.78, 5) is 26.1. The molecule has 0 fully saturated rings. The molecule has 1 heterocycles. The zero-order valence-corrected chi connectivity index (χ0v) is 15.3. The highest BCUT2D eigenvalue weighted by molar-refractivity contribution is 6.31. The molecule has 2 N–H and O–H groups in total. The molecule has 1 aromatic heterocycles. The SMILES string of the molecule is O=C(CCCCOc1ccc(-c2nc3cc(Cl)ccc3o2)cc1[N+](=O)[O-])NO. The van der Waals surface area contributed by atoms with Crippen LogP contribution in [0.2, 0.25) is 5.02 Å². The largest absolute Gasteiger partial charge is 0.487 e. The van der Waals surface area contributed by atoms with Crippen molar-refractivity contribution in [3.63, 3.8) is 0 Å². The van der Waals surface area contributed by atoms with Crippen molar-refractivity contribution in [1.29, 1.82) is 0 Å². The Morgan fingerprint density at radius 2 is 2.11 bits per heavy atom. The van der Waals surface area contributed by atoms with E-state index in [0.717, 1.165) is 0 Å². The lowest BCUT2D eigenvalue weighted by molar-refractivity contribution is -0.385. The summed E-state index contributed by atoms with van der Waals surface area (Å²) in [6.07, 6.45) is 1.12. The van der Waals surface area contributed by atoms with Gasteiger partial charge < -0.3 is 9.15 Å². The van der Waals surface area contributed by atoms with Crippen LogP contribution in [0, 0.1) is 10.1 Å². The van der Waals surface area contributed by atoms with Crippen LogP contribution >= 0.6 is 11.6 Å². The number of ether oxygens (including phenoxy) is 1. The maximum Gasteiger partial charge on any atom is 0.311 e. The van der Waals surface area contributed by atoms with E-state index < -0.39 is 10.8 Å². The lowest BCUT2D eigenvalue weighted by atomic mass is 10.2. The molecule has 2 aromatic carbocycles. The number of nitrogens with zero attached hydrogens (tertiary/aromatic N) is 2. The average Bonchev–Trinajstić information content (AvgIpc) is 3.10. The molecule has 0 saturated heterocycles. The van der Waals surface area contributed by atoms with Crippen LogP contribution in [0.5, 0.6) is 5.75 Å². The first kappa shape index (κ1) is 19.6. The number of oxazole rings is 1. The third kappa shape index (κ3) is 4.56. The molecule has 28 heavy (non-hydrogen) atoms. The van der Waals surface area contributed by atoms with E-state index in [0.29, 0.717) is 34.5 Å². The summed E-state index contributed by atoms with van der Waals surface area (Å²) in [5, 5.41) is 20.3. The fourth-order valence-corrected chi connectivity index (χ4v) is 2.73.